The number of sulfonamides is 1. The number of rotatable bonds is 6. The molecular weight excluding hydrogens is 426 g/mol. The maximum absolute atomic E-state index is 13.4. The van der Waals surface area contributed by atoms with Gasteiger partial charge in [-0.05, 0) is 24.6 Å². The van der Waals surface area contributed by atoms with Gasteiger partial charge >= 0.3 is 11.9 Å². The summed E-state index contributed by atoms with van der Waals surface area (Å²) < 4.78 is 38.6. The molecule has 9 heteroatoms. The van der Waals surface area contributed by atoms with E-state index in [0.717, 1.165) is 16.9 Å². The number of carbonyl (C=O) groups excluding carboxylic acids is 2. The summed E-state index contributed by atoms with van der Waals surface area (Å²) in [6.45, 7) is 1.92. The summed E-state index contributed by atoms with van der Waals surface area (Å²) >= 11 is 0.975. The molecule has 7 nitrogen and oxygen atoms in total. The second kappa shape index (κ2) is 8.68. The molecule has 0 radical (unpaired) electrons. The van der Waals surface area contributed by atoms with Gasteiger partial charge in [0.1, 0.15) is 9.77 Å². The van der Waals surface area contributed by atoms with Gasteiger partial charge in [0.15, 0.2) is 0 Å². The number of para-hydroxylation sites is 1. The zero-order valence-corrected chi connectivity index (χ0v) is 18.1. The number of aryl methyl sites for hydroxylation is 1. The number of esters is 2. The Labute approximate surface area is 178 Å². The number of thiophene rings is 1. The highest BCUT2D eigenvalue weighted by Gasteiger charge is 2.30. The van der Waals surface area contributed by atoms with Crippen molar-refractivity contribution >= 4 is 39.0 Å². The molecule has 0 saturated carbocycles. The van der Waals surface area contributed by atoms with Crippen LogP contribution in [0, 0.1) is 6.92 Å². The quantitative estimate of drug-likeness (QED) is 0.574. The van der Waals surface area contributed by atoms with Crippen molar-refractivity contribution in [2.75, 3.05) is 18.9 Å². The highest BCUT2D eigenvalue weighted by molar-refractivity contribution is 7.93. The second-order valence-electron chi connectivity index (χ2n) is 6.31. The summed E-state index contributed by atoms with van der Waals surface area (Å²) in [7, 11) is -1.87. The van der Waals surface area contributed by atoms with Gasteiger partial charge in [-0.3, -0.25) is 4.72 Å². The fraction of sp³-hybridized carbons (Fsp3) is 0.143. The molecule has 156 valence electrons. The van der Waals surface area contributed by atoms with Crippen LogP contribution in [-0.4, -0.2) is 34.6 Å². The Morgan fingerprint density at radius 2 is 1.57 bits per heavy atom. The normalized spacial score (nSPS) is 11.0. The van der Waals surface area contributed by atoms with Crippen molar-refractivity contribution in [3.05, 3.63) is 69.9 Å². The van der Waals surface area contributed by atoms with Crippen LogP contribution in [0.1, 0.15) is 25.6 Å². The summed E-state index contributed by atoms with van der Waals surface area (Å²) in [6, 6.07) is 13.3. The Bertz CT molecular complexity index is 1200. The van der Waals surface area contributed by atoms with Gasteiger partial charge in [0, 0.05) is 10.9 Å². The minimum Gasteiger partial charge on any atom is -0.465 e. The molecule has 0 aliphatic heterocycles. The molecule has 0 spiro atoms. The molecule has 3 rings (SSSR count). The Morgan fingerprint density at radius 1 is 0.933 bits per heavy atom. The third-order valence-corrected chi connectivity index (χ3v) is 6.86. The third kappa shape index (κ3) is 4.22. The SMILES string of the molecule is COC(=O)c1ccccc1NS(=O)(=O)c1c(-c2ccc(C)cc2)csc1C(=O)OC. The van der Waals surface area contributed by atoms with Crippen LogP contribution in [0.2, 0.25) is 0 Å². The fourth-order valence-corrected chi connectivity index (χ4v) is 5.63. The number of ether oxygens (including phenoxy) is 2. The highest BCUT2D eigenvalue weighted by atomic mass is 32.2. The van der Waals surface area contributed by atoms with Crippen molar-refractivity contribution in [1.29, 1.82) is 0 Å². The summed E-state index contributed by atoms with van der Waals surface area (Å²) in [4.78, 5) is 24.0. The average Bonchev–Trinajstić information content (AvgIpc) is 3.19. The Hall–Kier alpha value is -3.17. The molecule has 3 aromatic rings. The zero-order valence-electron chi connectivity index (χ0n) is 16.5. The van der Waals surface area contributed by atoms with Crippen molar-refractivity contribution in [3.63, 3.8) is 0 Å². The van der Waals surface area contributed by atoms with Gasteiger partial charge < -0.3 is 9.47 Å². The topological polar surface area (TPSA) is 98.8 Å². The van der Waals surface area contributed by atoms with E-state index in [1.54, 1.807) is 29.6 Å². The first-order chi connectivity index (χ1) is 14.3. The lowest BCUT2D eigenvalue weighted by Crippen LogP contribution is -2.18. The molecule has 0 saturated heterocycles. The predicted octanol–water partition coefficient (Wildman–Crippen LogP) is 4.10. The van der Waals surface area contributed by atoms with E-state index in [1.165, 1.54) is 26.4 Å². The van der Waals surface area contributed by atoms with Crippen LogP contribution in [0.3, 0.4) is 0 Å². The molecule has 1 N–H and O–H groups in total. The molecule has 0 fully saturated rings. The Kier molecular flexibility index (Phi) is 6.23. The van der Waals surface area contributed by atoms with Gasteiger partial charge in [0.2, 0.25) is 0 Å². The number of methoxy groups -OCH3 is 2. The number of hydrogen-bond donors (Lipinski definition) is 1. The molecule has 1 heterocycles. The number of benzene rings is 2. The van der Waals surface area contributed by atoms with E-state index in [0.29, 0.717) is 11.1 Å². The largest absolute Gasteiger partial charge is 0.465 e. The molecule has 0 aliphatic carbocycles. The summed E-state index contributed by atoms with van der Waals surface area (Å²) in [5.41, 5.74) is 2.10. The third-order valence-electron chi connectivity index (χ3n) is 4.32. The molecule has 0 amide bonds. The molecule has 2 aromatic carbocycles. The van der Waals surface area contributed by atoms with Crippen LogP contribution >= 0.6 is 11.3 Å². The lowest BCUT2D eigenvalue weighted by molar-refractivity contribution is 0.0593. The fourth-order valence-electron chi connectivity index (χ4n) is 2.84. The van der Waals surface area contributed by atoms with Crippen LogP contribution < -0.4 is 4.72 Å². The Morgan fingerprint density at radius 3 is 2.20 bits per heavy atom. The van der Waals surface area contributed by atoms with Gasteiger partial charge in [0.25, 0.3) is 10.0 Å². The van der Waals surface area contributed by atoms with E-state index in [1.807, 2.05) is 19.1 Å². The summed E-state index contributed by atoms with van der Waals surface area (Å²) in [5, 5.41) is 1.59. The first-order valence-electron chi connectivity index (χ1n) is 8.75. The zero-order chi connectivity index (χ0) is 21.9. The smallest absolute Gasteiger partial charge is 0.349 e. The van der Waals surface area contributed by atoms with Crippen molar-refractivity contribution in [2.24, 2.45) is 0 Å². The van der Waals surface area contributed by atoms with Crippen LogP contribution in [0.25, 0.3) is 11.1 Å². The molecular formula is C21H19NO6S2. The van der Waals surface area contributed by atoms with Crippen molar-refractivity contribution in [3.8, 4) is 11.1 Å². The molecule has 0 bridgehead atoms. The summed E-state index contributed by atoms with van der Waals surface area (Å²) in [6.07, 6.45) is 0. The molecule has 0 unspecified atom stereocenters. The first kappa shape index (κ1) is 21.5. The molecule has 30 heavy (non-hydrogen) atoms. The van der Waals surface area contributed by atoms with Crippen LogP contribution in [0.4, 0.5) is 5.69 Å². The van der Waals surface area contributed by atoms with Crippen molar-refractivity contribution in [2.45, 2.75) is 11.8 Å². The van der Waals surface area contributed by atoms with Gasteiger partial charge in [-0.2, -0.15) is 0 Å². The van der Waals surface area contributed by atoms with E-state index in [-0.39, 0.29) is 21.0 Å². The van der Waals surface area contributed by atoms with E-state index < -0.39 is 22.0 Å². The standard InChI is InChI=1S/C21H19NO6S2/c1-13-8-10-14(11-9-13)16-12-29-18(21(24)28-3)19(16)30(25,26)22-17-7-5-4-6-15(17)20(23)27-2/h4-12,22H,1-3H3. The Balaban J connectivity index is 2.16. The van der Waals surface area contributed by atoms with Crippen LogP contribution in [0.15, 0.2) is 58.8 Å². The minimum absolute atomic E-state index is 0.0428. The van der Waals surface area contributed by atoms with E-state index >= 15 is 0 Å². The number of anilines is 1. The monoisotopic (exact) mass is 445 g/mol. The lowest BCUT2D eigenvalue weighted by Gasteiger charge is -2.13. The molecule has 1 aromatic heterocycles. The number of nitrogens with one attached hydrogen (secondary N) is 1. The predicted molar refractivity (Wildman–Crippen MR) is 114 cm³/mol. The van der Waals surface area contributed by atoms with Crippen molar-refractivity contribution in [1.82, 2.24) is 0 Å². The second-order valence-corrected chi connectivity index (χ2v) is 8.81. The lowest BCUT2D eigenvalue weighted by atomic mass is 10.1. The first-order valence-corrected chi connectivity index (χ1v) is 11.1. The molecule has 0 aliphatic rings. The van der Waals surface area contributed by atoms with E-state index in [4.69, 9.17) is 9.47 Å². The average molecular weight is 446 g/mol. The maximum Gasteiger partial charge on any atom is 0.349 e. The van der Waals surface area contributed by atoms with Gasteiger partial charge in [-0.15, -0.1) is 11.3 Å². The van der Waals surface area contributed by atoms with Gasteiger partial charge in [-0.25, -0.2) is 18.0 Å². The minimum atomic E-state index is -4.26. The van der Waals surface area contributed by atoms with Crippen molar-refractivity contribution < 1.29 is 27.5 Å². The molecule has 0 atom stereocenters. The highest BCUT2D eigenvalue weighted by Crippen LogP contribution is 2.37. The maximum atomic E-state index is 13.4. The summed E-state index contributed by atoms with van der Waals surface area (Å²) in [5.74, 6) is -1.45. The number of carbonyl (C=O) groups is 2. The van der Waals surface area contributed by atoms with Crippen LogP contribution in [-0.2, 0) is 19.5 Å². The van der Waals surface area contributed by atoms with E-state index in [9.17, 15) is 18.0 Å². The van der Waals surface area contributed by atoms with Gasteiger partial charge in [-0.1, -0.05) is 42.0 Å². The van der Waals surface area contributed by atoms with Crippen LogP contribution in [0.5, 0.6) is 0 Å². The van der Waals surface area contributed by atoms with Gasteiger partial charge in [0.05, 0.1) is 25.5 Å². The van der Waals surface area contributed by atoms with E-state index in [2.05, 4.69) is 4.72 Å². The number of hydrogen-bond acceptors (Lipinski definition) is 7.